The molecule has 2 saturated carbocycles. The van der Waals surface area contributed by atoms with Crippen LogP contribution in [0.2, 0.25) is 0 Å². The van der Waals surface area contributed by atoms with Crippen molar-refractivity contribution in [3.05, 3.63) is 45.7 Å². The predicted octanol–water partition coefficient (Wildman–Crippen LogP) is 6.81. The smallest absolute Gasteiger partial charge is 0.348 e. The fourth-order valence-corrected chi connectivity index (χ4v) is 7.42. The summed E-state index contributed by atoms with van der Waals surface area (Å²) in [4.78, 5) is 29.2. The van der Waals surface area contributed by atoms with Crippen molar-refractivity contribution < 1.29 is 14.7 Å². The van der Waals surface area contributed by atoms with Crippen molar-refractivity contribution >= 4 is 45.8 Å². The topological polar surface area (TPSA) is 110 Å². The van der Waals surface area contributed by atoms with Crippen molar-refractivity contribution in [3.8, 4) is 11.8 Å². The van der Waals surface area contributed by atoms with E-state index in [1.165, 1.54) is 11.8 Å². The van der Waals surface area contributed by atoms with Crippen LogP contribution >= 0.6 is 23.1 Å². The Kier molecular flexibility index (Phi) is 9.63. The number of hydrogen-bond donors (Lipinski definition) is 3. The number of thiophene rings is 1. The van der Waals surface area contributed by atoms with Gasteiger partial charge in [-0.2, -0.15) is 0 Å². The molecule has 0 bridgehead atoms. The first-order valence-electron chi connectivity index (χ1n) is 14.1. The highest BCUT2D eigenvalue weighted by Crippen LogP contribution is 2.40. The average molecular weight is 581 g/mol. The van der Waals surface area contributed by atoms with E-state index in [1.807, 2.05) is 37.8 Å². The van der Waals surface area contributed by atoms with Crippen LogP contribution in [0.15, 0.2) is 30.5 Å². The van der Waals surface area contributed by atoms with Gasteiger partial charge < -0.3 is 10.0 Å². The Hall–Kier alpha value is -2.83. The van der Waals surface area contributed by atoms with Gasteiger partial charge in [-0.25, -0.2) is 4.79 Å². The number of rotatable bonds is 5. The molecule has 0 aromatic carbocycles. The van der Waals surface area contributed by atoms with Gasteiger partial charge in [0.05, 0.1) is 10.6 Å². The molecule has 2 heterocycles. The summed E-state index contributed by atoms with van der Waals surface area (Å²) in [5, 5.41) is 27.3. The Morgan fingerprint density at radius 3 is 2.38 bits per heavy atom. The molecule has 7 nitrogen and oxygen atoms in total. The van der Waals surface area contributed by atoms with Crippen molar-refractivity contribution in [2.24, 2.45) is 17.3 Å². The van der Waals surface area contributed by atoms with Crippen LogP contribution in [0.5, 0.6) is 0 Å². The molecular formula is C31H40N4O3S2. The molecule has 2 fully saturated rings. The van der Waals surface area contributed by atoms with E-state index in [-0.39, 0.29) is 38.9 Å². The van der Waals surface area contributed by atoms with Gasteiger partial charge in [-0.15, -0.1) is 11.3 Å². The first-order chi connectivity index (χ1) is 18.9. The first-order valence-corrected chi connectivity index (χ1v) is 15.8. The third-order valence-electron chi connectivity index (χ3n) is 7.70. The van der Waals surface area contributed by atoms with Gasteiger partial charge in [0.1, 0.15) is 10.4 Å². The number of amides is 1. The number of hydrogen-bond acceptors (Lipinski definition) is 6. The second kappa shape index (κ2) is 12.8. The lowest BCUT2D eigenvalue weighted by atomic mass is 9.81. The van der Waals surface area contributed by atoms with Crippen LogP contribution in [0.4, 0.5) is 5.69 Å². The van der Waals surface area contributed by atoms with Crippen molar-refractivity contribution in [1.29, 1.82) is 10.8 Å². The Labute approximate surface area is 245 Å². The van der Waals surface area contributed by atoms with E-state index < -0.39 is 5.97 Å². The minimum atomic E-state index is -1.03. The third kappa shape index (κ3) is 7.46. The summed E-state index contributed by atoms with van der Waals surface area (Å²) in [5.74, 6) is 5.90. The predicted molar refractivity (Wildman–Crippen MR) is 163 cm³/mol. The quantitative estimate of drug-likeness (QED) is 0.205. The van der Waals surface area contributed by atoms with Crippen molar-refractivity contribution in [1.82, 2.24) is 4.57 Å². The number of nitrogens with one attached hydrogen (secondary N) is 2. The summed E-state index contributed by atoms with van der Waals surface area (Å²) in [6.07, 6.45) is 8.55. The van der Waals surface area contributed by atoms with Gasteiger partial charge in [0.25, 0.3) is 0 Å². The zero-order valence-electron chi connectivity index (χ0n) is 23.8. The number of aromatic nitrogens is 1. The lowest BCUT2D eigenvalue weighted by Crippen LogP contribution is -2.47. The molecule has 1 amide bonds. The molecule has 2 aliphatic carbocycles. The standard InChI is InChI=1S/C31H40N4O3S2/c1-20-8-10-21(11-9-20)28(36)35(25-19-24(16-17-31(2,3)4)39-27(25)29(37)38)22-12-14-23(15-13-22)40-30(33)34-18-6-5-7-26(34)32/h5-7,18-23,32-33H,8-15H2,1-4H3,(H,37,38). The van der Waals surface area contributed by atoms with Gasteiger partial charge in [0.15, 0.2) is 5.17 Å². The number of aromatic carboxylic acids is 1. The molecule has 40 heavy (non-hydrogen) atoms. The molecule has 0 saturated heterocycles. The van der Waals surface area contributed by atoms with E-state index in [0.717, 1.165) is 62.7 Å². The maximum atomic E-state index is 14.1. The normalized spacial score (nSPS) is 23.1. The van der Waals surface area contributed by atoms with Crippen molar-refractivity contribution in [2.45, 2.75) is 90.4 Å². The van der Waals surface area contributed by atoms with Gasteiger partial charge in [-0.05, 0) is 96.3 Å². The second-order valence-electron chi connectivity index (χ2n) is 12.1. The molecule has 0 spiro atoms. The van der Waals surface area contributed by atoms with Gasteiger partial charge in [-0.3, -0.25) is 20.2 Å². The van der Waals surface area contributed by atoms with E-state index in [0.29, 0.717) is 21.7 Å². The number of thioether (sulfide) groups is 1. The zero-order valence-corrected chi connectivity index (χ0v) is 25.5. The highest BCUT2D eigenvalue weighted by Gasteiger charge is 2.37. The lowest BCUT2D eigenvalue weighted by Gasteiger charge is -2.39. The highest BCUT2D eigenvalue weighted by molar-refractivity contribution is 8.14. The Bertz CT molecular complexity index is 1360. The zero-order chi connectivity index (χ0) is 29.0. The largest absolute Gasteiger partial charge is 0.477 e. The van der Waals surface area contributed by atoms with Crippen LogP contribution < -0.4 is 10.4 Å². The van der Waals surface area contributed by atoms with Crippen LogP contribution in [0.1, 0.15) is 93.6 Å². The first kappa shape index (κ1) is 30.1. The van der Waals surface area contributed by atoms with Crippen LogP contribution in [-0.4, -0.2) is 38.0 Å². The molecule has 2 aromatic rings. The molecule has 0 unspecified atom stereocenters. The molecule has 0 radical (unpaired) electrons. The number of carboxylic acid groups (broad SMARTS) is 1. The van der Waals surface area contributed by atoms with Gasteiger partial charge in [-0.1, -0.05) is 36.6 Å². The van der Waals surface area contributed by atoms with Crippen LogP contribution in [0, 0.1) is 39.9 Å². The maximum Gasteiger partial charge on any atom is 0.348 e. The van der Waals surface area contributed by atoms with Gasteiger partial charge in [0, 0.05) is 28.8 Å². The van der Waals surface area contributed by atoms with Crippen molar-refractivity contribution in [3.63, 3.8) is 0 Å². The van der Waals surface area contributed by atoms with Gasteiger partial charge >= 0.3 is 5.97 Å². The molecule has 4 rings (SSSR count). The molecular weight excluding hydrogens is 541 g/mol. The third-order valence-corrected chi connectivity index (χ3v) is 9.95. The molecule has 2 aromatic heterocycles. The fourth-order valence-electron chi connectivity index (χ4n) is 5.48. The van der Waals surface area contributed by atoms with Gasteiger partial charge in [0.2, 0.25) is 5.91 Å². The number of pyridine rings is 1. The Morgan fingerprint density at radius 2 is 1.77 bits per heavy atom. The molecule has 9 heteroatoms. The molecule has 3 N–H and O–H groups in total. The summed E-state index contributed by atoms with van der Waals surface area (Å²) in [6.45, 7) is 8.28. The summed E-state index contributed by atoms with van der Waals surface area (Å²) in [6, 6.07) is 7.00. The summed E-state index contributed by atoms with van der Waals surface area (Å²) >= 11 is 2.62. The number of anilines is 1. The molecule has 214 valence electrons. The van der Waals surface area contributed by atoms with E-state index >= 15 is 0 Å². The van der Waals surface area contributed by atoms with Crippen molar-refractivity contribution in [2.75, 3.05) is 4.90 Å². The Morgan fingerprint density at radius 1 is 1.10 bits per heavy atom. The van der Waals surface area contributed by atoms with Crippen LogP contribution in [-0.2, 0) is 4.79 Å². The summed E-state index contributed by atoms with van der Waals surface area (Å²) in [7, 11) is 0. The number of nitrogens with zero attached hydrogens (tertiary/aromatic N) is 2. The average Bonchev–Trinajstić information content (AvgIpc) is 3.33. The molecule has 2 aliphatic rings. The summed E-state index contributed by atoms with van der Waals surface area (Å²) < 4.78 is 1.57. The summed E-state index contributed by atoms with van der Waals surface area (Å²) in [5.41, 5.74) is 0.544. The molecule has 0 atom stereocenters. The van der Waals surface area contributed by atoms with E-state index in [4.69, 9.17) is 10.8 Å². The van der Waals surface area contributed by atoms with Crippen LogP contribution in [0.25, 0.3) is 0 Å². The number of carbonyl (C=O) groups is 2. The minimum Gasteiger partial charge on any atom is -0.477 e. The van der Waals surface area contributed by atoms with E-state index in [2.05, 4.69) is 18.8 Å². The molecule has 0 aliphatic heterocycles. The maximum absolute atomic E-state index is 14.1. The highest BCUT2D eigenvalue weighted by atomic mass is 32.2. The monoisotopic (exact) mass is 580 g/mol. The Balaban J connectivity index is 1.59. The number of carboxylic acids is 1. The fraction of sp³-hybridized carbons (Fsp3) is 0.548. The SMILES string of the molecule is CC1CCC(C(=O)N(c2cc(C#CC(C)(C)C)sc2C(=O)O)C2CCC(SC(=N)n3ccccc3=N)CC2)CC1. The van der Waals surface area contributed by atoms with E-state index in [1.54, 1.807) is 22.9 Å². The second-order valence-corrected chi connectivity index (χ2v) is 14.4. The van der Waals surface area contributed by atoms with Crippen LogP contribution in [0.3, 0.4) is 0 Å². The lowest BCUT2D eigenvalue weighted by molar-refractivity contribution is -0.124. The van der Waals surface area contributed by atoms with E-state index in [9.17, 15) is 14.7 Å². The number of carbonyl (C=O) groups excluding carboxylic acids is 1. The minimum absolute atomic E-state index is 0.0464.